The van der Waals surface area contributed by atoms with E-state index in [1.165, 1.54) is 12.8 Å². The van der Waals surface area contributed by atoms with Crippen LogP contribution in [0.15, 0.2) is 0 Å². The largest absolute Gasteiger partial charge is 0.336 e. The lowest BCUT2D eigenvalue weighted by Gasteiger charge is -2.32. The SMILES string of the molecule is CCCC(C)NC1CC(=O)N(C(C)(C)C)C1. The van der Waals surface area contributed by atoms with Gasteiger partial charge in [0.15, 0.2) is 0 Å². The van der Waals surface area contributed by atoms with Gasteiger partial charge >= 0.3 is 0 Å². The van der Waals surface area contributed by atoms with E-state index in [4.69, 9.17) is 0 Å². The Morgan fingerprint density at radius 2 is 2.12 bits per heavy atom. The van der Waals surface area contributed by atoms with Crippen LogP contribution in [-0.4, -0.2) is 35.0 Å². The molecule has 1 rings (SSSR count). The minimum Gasteiger partial charge on any atom is -0.336 e. The molecule has 0 aromatic heterocycles. The van der Waals surface area contributed by atoms with Crippen LogP contribution in [0.25, 0.3) is 0 Å². The van der Waals surface area contributed by atoms with E-state index in [-0.39, 0.29) is 11.4 Å². The van der Waals surface area contributed by atoms with Gasteiger partial charge in [-0.05, 0) is 34.1 Å². The molecular weight excluding hydrogens is 200 g/mol. The first kappa shape index (κ1) is 13.5. The summed E-state index contributed by atoms with van der Waals surface area (Å²) in [7, 11) is 0. The third-order valence-corrected chi connectivity index (χ3v) is 3.18. The molecule has 0 saturated carbocycles. The van der Waals surface area contributed by atoms with Crippen molar-refractivity contribution in [1.29, 1.82) is 0 Å². The van der Waals surface area contributed by atoms with Crippen molar-refractivity contribution in [1.82, 2.24) is 10.2 Å². The Kier molecular flexibility index (Phi) is 4.36. The van der Waals surface area contributed by atoms with Crippen LogP contribution in [0, 0.1) is 0 Å². The lowest BCUT2D eigenvalue weighted by Crippen LogP contribution is -2.45. The van der Waals surface area contributed by atoms with Crippen LogP contribution < -0.4 is 5.32 Å². The van der Waals surface area contributed by atoms with Crippen LogP contribution in [0.5, 0.6) is 0 Å². The molecule has 1 aliphatic rings. The van der Waals surface area contributed by atoms with E-state index < -0.39 is 0 Å². The topological polar surface area (TPSA) is 32.3 Å². The molecule has 3 nitrogen and oxygen atoms in total. The third kappa shape index (κ3) is 3.48. The van der Waals surface area contributed by atoms with Crippen molar-refractivity contribution in [2.75, 3.05) is 6.54 Å². The van der Waals surface area contributed by atoms with Crippen LogP contribution in [0.2, 0.25) is 0 Å². The second-order valence-corrected chi connectivity index (χ2v) is 5.93. The van der Waals surface area contributed by atoms with Crippen LogP contribution in [0.1, 0.15) is 53.9 Å². The summed E-state index contributed by atoms with van der Waals surface area (Å²) in [6.45, 7) is 11.6. The molecule has 0 bridgehead atoms. The second kappa shape index (κ2) is 5.17. The molecular formula is C13H26N2O. The zero-order valence-electron chi connectivity index (χ0n) is 11.3. The van der Waals surface area contributed by atoms with Crippen LogP contribution in [-0.2, 0) is 4.79 Å². The molecule has 0 aliphatic carbocycles. The highest BCUT2D eigenvalue weighted by Crippen LogP contribution is 2.22. The Morgan fingerprint density at radius 3 is 2.56 bits per heavy atom. The maximum atomic E-state index is 11.9. The molecule has 3 heteroatoms. The summed E-state index contributed by atoms with van der Waals surface area (Å²) < 4.78 is 0. The van der Waals surface area contributed by atoms with E-state index in [9.17, 15) is 4.79 Å². The molecule has 94 valence electrons. The molecule has 1 saturated heterocycles. The Labute approximate surface area is 99.6 Å². The van der Waals surface area contributed by atoms with Crippen molar-refractivity contribution in [3.05, 3.63) is 0 Å². The average molecular weight is 226 g/mol. The smallest absolute Gasteiger partial charge is 0.224 e. The maximum absolute atomic E-state index is 11.9. The summed E-state index contributed by atoms with van der Waals surface area (Å²) in [5.41, 5.74) is -0.0402. The van der Waals surface area contributed by atoms with Crippen molar-refractivity contribution in [2.45, 2.75) is 71.5 Å². The molecule has 0 aromatic rings. The quantitative estimate of drug-likeness (QED) is 0.796. The first-order valence-electron chi connectivity index (χ1n) is 6.41. The number of likely N-dealkylation sites (tertiary alicyclic amines) is 1. The van der Waals surface area contributed by atoms with Crippen molar-refractivity contribution in [3.8, 4) is 0 Å². The fourth-order valence-corrected chi connectivity index (χ4v) is 2.39. The van der Waals surface area contributed by atoms with E-state index >= 15 is 0 Å². The number of nitrogens with zero attached hydrogens (tertiary/aromatic N) is 1. The van der Waals surface area contributed by atoms with Gasteiger partial charge in [-0.15, -0.1) is 0 Å². The third-order valence-electron chi connectivity index (χ3n) is 3.18. The standard InChI is InChI=1S/C13H26N2O/c1-6-7-10(2)14-11-8-12(16)15(9-11)13(3,4)5/h10-11,14H,6-9H2,1-5H3. The highest BCUT2D eigenvalue weighted by Gasteiger charge is 2.36. The molecule has 0 spiro atoms. The maximum Gasteiger partial charge on any atom is 0.224 e. The molecule has 1 N–H and O–H groups in total. The summed E-state index contributed by atoms with van der Waals surface area (Å²) >= 11 is 0. The van der Waals surface area contributed by atoms with Gasteiger partial charge in [0.2, 0.25) is 5.91 Å². The second-order valence-electron chi connectivity index (χ2n) is 5.93. The molecule has 2 unspecified atom stereocenters. The van der Waals surface area contributed by atoms with E-state index in [2.05, 4.69) is 39.9 Å². The average Bonchev–Trinajstić information content (AvgIpc) is 2.46. The fourth-order valence-electron chi connectivity index (χ4n) is 2.39. The first-order valence-corrected chi connectivity index (χ1v) is 6.41. The van der Waals surface area contributed by atoms with E-state index in [0.717, 1.165) is 6.54 Å². The van der Waals surface area contributed by atoms with Gasteiger partial charge in [0.25, 0.3) is 0 Å². The molecule has 1 aliphatic heterocycles. The molecule has 1 amide bonds. The minimum atomic E-state index is -0.0402. The van der Waals surface area contributed by atoms with E-state index in [1.54, 1.807) is 0 Å². The fraction of sp³-hybridized carbons (Fsp3) is 0.923. The normalized spacial score (nSPS) is 23.9. The molecule has 0 aromatic carbocycles. The van der Waals surface area contributed by atoms with Gasteiger partial charge in [0, 0.05) is 30.6 Å². The molecule has 0 radical (unpaired) electrons. The lowest BCUT2D eigenvalue weighted by molar-refractivity contribution is -0.131. The summed E-state index contributed by atoms with van der Waals surface area (Å²) in [6, 6.07) is 0.857. The molecule has 1 heterocycles. The minimum absolute atomic E-state index is 0.0402. The number of carbonyl (C=O) groups is 1. The van der Waals surface area contributed by atoms with Gasteiger partial charge in [-0.25, -0.2) is 0 Å². The van der Waals surface area contributed by atoms with Gasteiger partial charge < -0.3 is 10.2 Å². The number of carbonyl (C=O) groups excluding carboxylic acids is 1. The monoisotopic (exact) mass is 226 g/mol. The van der Waals surface area contributed by atoms with E-state index in [0.29, 0.717) is 18.5 Å². The van der Waals surface area contributed by atoms with Crippen molar-refractivity contribution >= 4 is 5.91 Å². The number of hydrogen-bond donors (Lipinski definition) is 1. The van der Waals surface area contributed by atoms with Gasteiger partial charge in [-0.2, -0.15) is 0 Å². The van der Waals surface area contributed by atoms with Gasteiger partial charge in [0.1, 0.15) is 0 Å². The highest BCUT2D eigenvalue weighted by molar-refractivity contribution is 5.80. The predicted molar refractivity (Wildman–Crippen MR) is 67.4 cm³/mol. The van der Waals surface area contributed by atoms with Crippen LogP contribution in [0.4, 0.5) is 0 Å². The zero-order chi connectivity index (χ0) is 12.3. The van der Waals surface area contributed by atoms with Gasteiger partial charge in [-0.1, -0.05) is 13.3 Å². The van der Waals surface area contributed by atoms with Crippen LogP contribution in [0.3, 0.4) is 0 Å². The zero-order valence-corrected chi connectivity index (χ0v) is 11.3. The molecule has 1 fully saturated rings. The predicted octanol–water partition coefficient (Wildman–Crippen LogP) is 2.16. The van der Waals surface area contributed by atoms with Crippen molar-refractivity contribution in [3.63, 3.8) is 0 Å². The Hall–Kier alpha value is -0.570. The van der Waals surface area contributed by atoms with E-state index in [1.807, 2.05) is 4.90 Å². The van der Waals surface area contributed by atoms with Gasteiger partial charge in [-0.3, -0.25) is 4.79 Å². The van der Waals surface area contributed by atoms with Crippen molar-refractivity contribution < 1.29 is 4.79 Å². The summed E-state index contributed by atoms with van der Waals surface area (Å²) in [5, 5.41) is 3.55. The summed E-state index contributed by atoms with van der Waals surface area (Å²) in [6.07, 6.45) is 3.03. The van der Waals surface area contributed by atoms with Crippen molar-refractivity contribution in [2.24, 2.45) is 0 Å². The number of amides is 1. The summed E-state index contributed by atoms with van der Waals surface area (Å²) in [4.78, 5) is 13.8. The Bertz CT molecular complexity index is 245. The summed E-state index contributed by atoms with van der Waals surface area (Å²) in [5.74, 6) is 0.286. The number of rotatable bonds is 4. The molecule has 2 atom stereocenters. The van der Waals surface area contributed by atoms with Gasteiger partial charge in [0.05, 0.1) is 0 Å². The number of nitrogens with one attached hydrogen (secondary N) is 1. The number of hydrogen-bond acceptors (Lipinski definition) is 2. The molecule has 16 heavy (non-hydrogen) atoms. The lowest BCUT2D eigenvalue weighted by atomic mass is 10.1. The highest BCUT2D eigenvalue weighted by atomic mass is 16.2. The Balaban J connectivity index is 2.47. The van der Waals surface area contributed by atoms with Crippen LogP contribution >= 0.6 is 0 Å². The Morgan fingerprint density at radius 1 is 1.50 bits per heavy atom. The first-order chi connectivity index (χ1) is 7.34.